The molecular formula is C11H12N4O2S. The van der Waals surface area contributed by atoms with Crippen LogP contribution in [-0.2, 0) is 4.79 Å². The Morgan fingerprint density at radius 2 is 2.22 bits per heavy atom. The van der Waals surface area contributed by atoms with Crippen molar-refractivity contribution < 1.29 is 9.53 Å². The molecule has 1 heterocycles. The van der Waals surface area contributed by atoms with Crippen LogP contribution in [0.15, 0.2) is 35.2 Å². The number of methoxy groups -OCH3 is 1. The molecule has 18 heavy (non-hydrogen) atoms. The van der Waals surface area contributed by atoms with Crippen LogP contribution in [0.3, 0.4) is 0 Å². The fraction of sp³-hybridized carbons (Fsp3) is 0.182. The van der Waals surface area contributed by atoms with Crippen LogP contribution in [0.25, 0.3) is 0 Å². The first kappa shape index (κ1) is 12.4. The standard InChI is InChI=1S/C11H12N4O2S/c1-17-11-13-10(14-15-11)12-9(16)7-18-8-5-3-2-4-6-8/h2-6H,7H2,1H3,(H2,12,13,14,15,16). The van der Waals surface area contributed by atoms with Crippen LogP contribution in [0.4, 0.5) is 5.95 Å². The van der Waals surface area contributed by atoms with Crippen molar-refractivity contribution in [3.8, 4) is 6.01 Å². The van der Waals surface area contributed by atoms with Crippen molar-refractivity contribution in [2.45, 2.75) is 4.90 Å². The van der Waals surface area contributed by atoms with Gasteiger partial charge in [0.1, 0.15) is 0 Å². The highest BCUT2D eigenvalue weighted by atomic mass is 32.2. The van der Waals surface area contributed by atoms with E-state index in [1.54, 1.807) is 0 Å². The number of aromatic nitrogens is 3. The van der Waals surface area contributed by atoms with Crippen LogP contribution in [0.5, 0.6) is 6.01 Å². The van der Waals surface area contributed by atoms with Gasteiger partial charge in [0.05, 0.1) is 12.9 Å². The average Bonchev–Trinajstić information content (AvgIpc) is 2.85. The largest absolute Gasteiger partial charge is 0.466 e. The van der Waals surface area contributed by atoms with E-state index < -0.39 is 0 Å². The van der Waals surface area contributed by atoms with Crippen molar-refractivity contribution in [2.24, 2.45) is 0 Å². The van der Waals surface area contributed by atoms with Crippen LogP contribution >= 0.6 is 11.8 Å². The lowest BCUT2D eigenvalue weighted by Gasteiger charge is -2.01. The van der Waals surface area contributed by atoms with E-state index >= 15 is 0 Å². The van der Waals surface area contributed by atoms with E-state index in [1.807, 2.05) is 30.3 Å². The molecule has 94 valence electrons. The molecule has 0 fully saturated rings. The third-order valence-corrected chi connectivity index (χ3v) is 3.03. The quantitative estimate of drug-likeness (QED) is 0.801. The fourth-order valence-electron chi connectivity index (χ4n) is 1.23. The molecule has 1 aromatic carbocycles. The Hall–Kier alpha value is -2.02. The fourth-order valence-corrected chi connectivity index (χ4v) is 1.95. The third kappa shape index (κ3) is 3.49. The van der Waals surface area contributed by atoms with Crippen LogP contribution < -0.4 is 10.1 Å². The second-order valence-electron chi connectivity index (χ2n) is 3.32. The number of nitrogens with zero attached hydrogens (tertiary/aromatic N) is 2. The molecule has 1 amide bonds. The van der Waals surface area contributed by atoms with Crippen LogP contribution in [0, 0.1) is 0 Å². The first-order valence-corrected chi connectivity index (χ1v) is 6.20. The smallest absolute Gasteiger partial charge is 0.336 e. The number of amides is 1. The SMILES string of the molecule is COc1n[nH]c(NC(=O)CSc2ccccc2)n1. The van der Waals surface area contributed by atoms with E-state index in [9.17, 15) is 4.79 Å². The predicted molar refractivity (Wildman–Crippen MR) is 68.7 cm³/mol. The van der Waals surface area contributed by atoms with Gasteiger partial charge in [0.15, 0.2) is 0 Å². The van der Waals surface area contributed by atoms with Gasteiger partial charge in [-0.3, -0.25) is 10.1 Å². The van der Waals surface area contributed by atoms with E-state index in [1.165, 1.54) is 18.9 Å². The van der Waals surface area contributed by atoms with Gasteiger partial charge >= 0.3 is 6.01 Å². The molecule has 0 aliphatic carbocycles. The number of H-pyrrole nitrogens is 1. The maximum absolute atomic E-state index is 11.6. The van der Waals surface area contributed by atoms with Gasteiger partial charge in [-0.25, -0.2) is 5.10 Å². The Kier molecular flexibility index (Phi) is 4.19. The van der Waals surface area contributed by atoms with Gasteiger partial charge in [-0.15, -0.1) is 16.9 Å². The van der Waals surface area contributed by atoms with E-state index in [0.717, 1.165) is 4.90 Å². The van der Waals surface area contributed by atoms with E-state index in [-0.39, 0.29) is 17.9 Å². The van der Waals surface area contributed by atoms with Crippen LogP contribution in [0.1, 0.15) is 0 Å². The first-order valence-electron chi connectivity index (χ1n) is 5.22. The summed E-state index contributed by atoms with van der Waals surface area (Å²) in [6, 6.07) is 9.90. The maximum Gasteiger partial charge on any atom is 0.336 e. The second-order valence-corrected chi connectivity index (χ2v) is 4.37. The predicted octanol–water partition coefficient (Wildman–Crippen LogP) is 1.54. The Morgan fingerprint density at radius 3 is 2.89 bits per heavy atom. The monoisotopic (exact) mass is 264 g/mol. The summed E-state index contributed by atoms with van der Waals surface area (Å²) in [5.41, 5.74) is 0. The number of benzene rings is 1. The van der Waals surface area contributed by atoms with Gasteiger partial charge in [0.25, 0.3) is 0 Å². The zero-order valence-electron chi connectivity index (χ0n) is 9.71. The third-order valence-electron chi connectivity index (χ3n) is 2.02. The lowest BCUT2D eigenvalue weighted by Crippen LogP contribution is -2.15. The van der Waals surface area contributed by atoms with Gasteiger partial charge in [0, 0.05) is 4.90 Å². The molecule has 1 aromatic heterocycles. The van der Waals surface area contributed by atoms with E-state index in [2.05, 4.69) is 20.5 Å². The molecule has 0 aliphatic rings. The molecule has 2 N–H and O–H groups in total. The number of ether oxygens (including phenoxy) is 1. The van der Waals surface area contributed by atoms with Crippen molar-refractivity contribution in [2.75, 3.05) is 18.2 Å². The minimum Gasteiger partial charge on any atom is -0.466 e. The van der Waals surface area contributed by atoms with E-state index in [0.29, 0.717) is 5.75 Å². The number of rotatable bonds is 5. The molecule has 7 heteroatoms. The number of aromatic amines is 1. The molecule has 0 aliphatic heterocycles. The minimum atomic E-state index is -0.150. The highest BCUT2D eigenvalue weighted by Gasteiger charge is 2.07. The Labute approximate surface area is 108 Å². The molecule has 6 nitrogen and oxygen atoms in total. The zero-order chi connectivity index (χ0) is 12.8. The highest BCUT2D eigenvalue weighted by Crippen LogP contribution is 2.16. The van der Waals surface area contributed by atoms with Crippen molar-refractivity contribution >= 4 is 23.6 Å². The molecule has 0 saturated carbocycles. The topological polar surface area (TPSA) is 79.9 Å². The molecule has 0 saturated heterocycles. The Bertz CT molecular complexity index is 515. The molecule has 0 atom stereocenters. The number of nitrogens with one attached hydrogen (secondary N) is 2. The summed E-state index contributed by atoms with van der Waals surface area (Å²) in [4.78, 5) is 16.6. The Balaban J connectivity index is 1.82. The summed E-state index contributed by atoms with van der Waals surface area (Å²) in [6.07, 6.45) is 0. The van der Waals surface area contributed by atoms with E-state index in [4.69, 9.17) is 4.74 Å². The van der Waals surface area contributed by atoms with Crippen molar-refractivity contribution in [3.63, 3.8) is 0 Å². The summed E-state index contributed by atoms with van der Waals surface area (Å²) in [7, 11) is 1.46. The lowest BCUT2D eigenvalue weighted by molar-refractivity contribution is -0.113. The maximum atomic E-state index is 11.6. The summed E-state index contributed by atoms with van der Waals surface area (Å²) in [5, 5.41) is 8.88. The molecular weight excluding hydrogens is 252 g/mol. The van der Waals surface area contributed by atoms with Gasteiger partial charge in [-0.05, 0) is 12.1 Å². The molecule has 0 radical (unpaired) electrons. The lowest BCUT2D eigenvalue weighted by atomic mass is 10.4. The van der Waals surface area contributed by atoms with Gasteiger partial charge in [0.2, 0.25) is 11.9 Å². The zero-order valence-corrected chi connectivity index (χ0v) is 10.5. The summed E-state index contributed by atoms with van der Waals surface area (Å²) in [5.74, 6) is 0.445. The molecule has 2 rings (SSSR count). The number of thioether (sulfide) groups is 1. The number of carbonyl (C=O) groups is 1. The van der Waals surface area contributed by atoms with Crippen LogP contribution in [-0.4, -0.2) is 34.0 Å². The molecule has 0 unspecified atom stereocenters. The minimum absolute atomic E-state index is 0.150. The number of anilines is 1. The molecule has 0 bridgehead atoms. The highest BCUT2D eigenvalue weighted by molar-refractivity contribution is 8.00. The number of hydrogen-bond donors (Lipinski definition) is 2. The van der Waals surface area contributed by atoms with Gasteiger partial charge in [-0.2, -0.15) is 4.98 Å². The van der Waals surface area contributed by atoms with Crippen molar-refractivity contribution in [1.82, 2.24) is 15.2 Å². The second kappa shape index (κ2) is 6.06. The normalized spacial score (nSPS) is 10.1. The molecule has 0 spiro atoms. The van der Waals surface area contributed by atoms with Crippen molar-refractivity contribution in [3.05, 3.63) is 30.3 Å². The first-order chi connectivity index (χ1) is 8.78. The summed E-state index contributed by atoms with van der Waals surface area (Å²) in [6.45, 7) is 0. The number of carbonyl (C=O) groups excluding carboxylic acids is 1. The van der Waals surface area contributed by atoms with Crippen molar-refractivity contribution in [1.29, 1.82) is 0 Å². The average molecular weight is 264 g/mol. The summed E-state index contributed by atoms with van der Waals surface area (Å²) >= 11 is 1.45. The van der Waals surface area contributed by atoms with Gasteiger partial charge in [-0.1, -0.05) is 18.2 Å². The summed E-state index contributed by atoms with van der Waals surface area (Å²) < 4.78 is 4.80. The number of hydrogen-bond acceptors (Lipinski definition) is 5. The Morgan fingerprint density at radius 1 is 1.44 bits per heavy atom. The van der Waals surface area contributed by atoms with Crippen LogP contribution in [0.2, 0.25) is 0 Å². The van der Waals surface area contributed by atoms with Gasteiger partial charge < -0.3 is 4.74 Å². The molecule has 2 aromatic rings.